The Labute approximate surface area is 164 Å². The van der Waals surface area contributed by atoms with Gasteiger partial charge in [0.1, 0.15) is 0 Å². The highest BCUT2D eigenvalue weighted by molar-refractivity contribution is 9.11. The van der Waals surface area contributed by atoms with E-state index in [0.717, 1.165) is 37.4 Å². The summed E-state index contributed by atoms with van der Waals surface area (Å²) in [5.41, 5.74) is 3.35. The van der Waals surface area contributed by atoms with Gasteiger partial charge in [0.2, 0.25) is 0 Å². The lowest BCUT2D eigenvalue weighted by molar-refractivity contribution is 0.143. The highest BCUT2D eigenvalue weighted by Crippen LogP contribution is 2.40. The molecule has 1 rings (SSSR count). The maximum absolute atomic E-state index is 5.64. The van der Waals surface area contributed by atoms with Crippen LogP contribution in [0.1, 0.15) is 23.1 Å². The first kappa shape index (κ1) is 20.8. The van der Waals surface area contributed by atoms with Crippen molar-refractivity contribution in [3.8, 4) is 0 Å². The summed E-state index contributed by atoms with van der Waals surface area (Å²) in [7, 11) is 0. The largest absolute Gasteiger partial charge is 0.373 e. The molecule has 0 heterocycles. The lowest BCUT2D eigenvalue weighted by Crippen LogP contribution is -2.05. The van der Waals surface area contributed by atoms with E-state index in [1.807, 2.05) is 6.08 Å². The number of halogens is 3. The summed E-state index contributed by atoms with van der Waals surface area (Å²) in [4.78, 5) is 0. The molecular weight excluding hydrogens is 488 g/mol. The predicted molar refractivity (Wildman–Crippen MR) is 108 cm³/mol. The van der Waals surface area contributed by atoms with Crippen LogP contribution in [0.2, 0.25) is 0 Å². The number of ether oxygens (including phenoxy) is 2. The lowest BCUT2D eigenvalue weighted by Gasteiger charge is -2.19. The Morgan fingerprint density at radius 1 is 0.696 bits per heavy atom. The van der Waals surface area contributed by atoms with Crippen molar-refractivity contribution in [2.24, 2.45) is 0 Å². The summed E-state index contributed by atoms with van der Waals surface area (Å²) in [5, 5.41) is 0. The van der Waals surface area contributed by atoms with Gasteiger partial charge in [0, 0.05) is 24.5 Å². The van der Waals surface area contributed by atoms with E-state index in [1.165, 1.54) is 5.56 Å². The molecule has 0 bridgehead atoms. The number of hydrogen-bond donors (Lipinski definition) is 0. The molecule has 0 saturated carbocycles. The zero-order chi connectivity index (χ0) is 17.2. The van der Waals surface area contributed by atoms with E-state index >= 15 is 0 Å². The van der Waals surface area contributed by atoms with E-state index in [2.05, 4.69) is 67.5 Å². The molecule has 0 aliphatic heterocycles. The SMILES string of the molecule is C=CCCc1c(Br)c(COCC=C)c(Br)c(COCC=C)c1Br. The first-order chi connectivity index (χ1) is 11.1. The highest BCUT2D eigenvalue weighted by Gasteiger charge is 2.20. The molecule has 0 aliphatic rings. The molecule has 1 aromatic carbocycles. The smallest absolute Gasteiger partial charge is 0.0743 e. The minimum Gasteiger partial charge on any atom is -0.373 e. The first-order valence-corrected chi connectivity index (χ1v) is 9.61. The van der Waals surface area contributed by atoms with Crippen LogP contribution < -0.4 is 0 Å². The van der Waals surface area contributed by atoms with Gasteiger partial charge >= 0.3 is 0 Å². The van der Waals surface area contributed by atoms with Gasteiger partial charge in [-0.1, -0.05) is 50.1 Å². The Balaban J connectivity index is 3.24. The molecule has 5 heteroatoms. The third-order valence-electron chi connectivity index (χ3n) is 3.15. The summed E-state index contributed by atoms with van der Waals surface area (Å²) in [5.74, 6) is 0. The van der Waals surface area contributed by atoms with Gasteiger partial charge in [-0.15, -0.1) is 19.7 Å². The van der Waals surface area contributed by atoms with E-state index < -0.39 is 0 Å². The molecule has 2 nitrogen and oxygen atoms in total. The van der Waals surface area contributed by atoms with Crippen LogP contribution in [0.3, 0.4) is 0 Å². The summed E-state index contributed by atoms with van der Waals surface area (Å²) >= 11 is 11.1. The van der Waals surface area contributed by atoms with Crippen molar-refractivity contribution in [2.45, 2.75) is 26.1 Å². The second-order valence-electron chi connectivity index (χ2n) is 4.81. The zero-order valence-electron chi connectivity index (χ0n) is 13.0. The van der Waals surface area contributed by atoms with Gasteiger partial charge in [-0.25, -0.2) is 0 Å². The molecule has 0 fully saturated rings. The normalized spacial score (nSPS) is 10.6. The Kier molecular flexibility index (Phi) is 10.3. The van der Waals surface area contributed by atoms with Crippen LogP contribution in [0.5, 0.6) is 0 Å². The molecule has 0 spiro atoms. The average Bonchev–Trinajstić information content (AvgIpc) is 2.54. The molecule has 0 aliphatic carbocycles. The number of allylic oxidation sites excluding steroid dienone is 1. The molecule has 0 unspecified atom stereocenters. The second-order valence-corrected chi connectivity index (χ2v) is 7.19. The maximum Gasteiger partial charge on any atom is 0.0743 e. The Hall–Kier alpha value is -0.200. The minimum absolute atomic E-state index is 0.496. The Morgan fingerprint density at radius 3 is 1.52 bits per heavy atom. The Morgan fingerprint density at radius 2 is 1.13 bits per heavy atom. The molecule has 0 N–H and O–H groups in total. The topological polar surface area (TPSA) is 18.5 Å². The third kappa shape index (κ3) is 5.98. The van der Waals surface area contributed by atoms with Gasteiger partial charge in [0.25, 0.3) is 0 Å². The number of benzene rings is 1. The van der Waals surface area contributed by atoms with Crippen molar-refractivity contribution in [1.29, 1.82) is 0 Å². The van der Waals surface area contributed by atoms with Gasteiger partial charge in [0.05, 0.1) is 26.4 Å². The summed E-state index contributed by atoms with van der Waals surface area (Å²) in [6.45, 7) is 13.2. The molecule has 23 heavy (non-hydrogen) atoms. The maximum atomic E-state index is 5.64. The average molecular weight is 509 g/mol. The molecule has 0 amide bonds. The van der Waals surface area contributed by atoms with Crippen molar-refractivity contribution in [2.75, 3.05) is 13.2 Å². The van der Waals surface area contributed by atoms with Crippen molar-refractivity contribution in [3.63, 3.8) is 0 Å². The van der Waals surface area contributed by atoms with Crippen LogP contribution in [0.15, 0.2) is 51.4 Å². The van der Waals surface area contributed by atoms with Gasteiger partial charge in [-0.2, -0.15) is 0 Å². The molecule has 0 saturated heterocycles. The van der Waals surface area contributed by atoms with Crippen molar-refractivity contribution in [3.05, 3.63) is 68.1 Å². The van der Waals surface area contributed by atoms with Crippen LogP contribution >= 0.6 is 47.8 Å². The number of hydrogen-bond acceptors (Lipinski definition) is 2. The zero-order valence-corrected chi connectivity index (χ0v) is 17.8. The summed E-state index contributed by atoms with van der Waals surface area (Å²) < 4.78 is 14.4. The van der Waals surface area contributed by atoms with Crippen molar-refractivity contribution >= 4 is 47.8 Å². The van der Waals surface area contributed by atoms with E-state index in [9.17, 15) is 0 Å². The third-order valence-corrected chi connectivity index (χ3v) is 6.02. The fraction of sp³-hybridized carbons (Fsp3) is 0.333. The van der Waals surface area contributed by atoms with Crippen LogP contribution in [0.25, 0.3) is 0 Å². The molecule has 0 aromatic heterocycles. The fourth-order valence-corrected chi connectivity index (χ4v) is 4.89. The van der Waals surface area contributed by atoms with Gasteiger partial charge < -0.3 is 9.47 Å². The van der Waals surface area contributed by atoms with E-state index in [0.29, 0.717) is 26.4 Å². The second kappa shape index (κ2) is 11.4. The van der Waals surface area contributed by atoms with Gasteiger partial charge in [-0.05, 0) is 34.3 Å². The number of rotatable bonds is 11. The van der Waals surface area contributed by atoms with Gasteiger partial charge in [0.15, 0.2) is 0 Å². The summed E-state index contributed by atoms with van der Waals surface area (Å²) in [6.07, 6.45) is 7.20. The van der Waals surface area contributed by atoms with Gasteiger partial charge in [-0.3, -0.25) is 0 Å². The molecule has 1 aromatic rings. The quantitative estimate of drug-likeness (QED) is 0.251. The lowest BCUT2D eigenvalue weighted by atomic mass is 10.0. The fourth-order valence-electron chi connectivity index (χ4n) is 2.04. The predicted octanol–water partition coefficient (Wildman–Crippen LogP) is 6.50. The van der Waals surface area contributed by atoms with Crippen LogP contribution in [0.4, 0.5) is 0 Å². The van der Waals surface area contributed by atoms with Crippen LogP contribution in [-0.4, -0.2) is 13.2 Å². The molecule has 0 atom stereocenters. The van der Waals surface area contributed by atoms with Crippen LogP contribution in [-0.2, 0) is 29.1 Å². The van der Waals surface area contributed by atoms with E-state index in [1.54, 1.807) is 12.2 Å². The molecule has 0 radical (unpaired) electrons. The standard InChI is InChI=1S/C18H21Br3O2/c1-4-7-8-13-16(19)14(11-22-9-5-2)18(21)15(17(13)20)12-23-10-6-3/h4-6H,1-3,7-12H2. The Bertz CT molecular complexity index is 527. The summed E-state index contributed by atoms with van der Waals surface area (Å²) in [6, 6.07) is 0. The van der Waals surface area contributed by atoms with E-state index in [-0.39, 0.29) is 0 Å². The highest BCUT2D eigenvalue weighted by atomic mass is 79.9. The molecular formula is C18H21Br3O2. The van der Waals surface area contributed by atoms with Crippen molar-refractivity contribution in [1.82, 2.24) is 0 Å². The first-order valence-electron chi connectivity index (χ1n) is 7.23. The van der Waals surface area contributed by atoms with E-state index in [4.69, 9.17) is 9.47 Å². The molecule has 126 valence electrons. The van der Waals surface area contributed by atoms with Crippen LogP contribution in [0, 0.1) is 0 Å². The minimum atomic E-state index is 0.496. The van der Waals surface area contributed by atoms with Crippen molar-refractivity contribution < 1.29 is 9.47 Å². The monoisotopic (exact) mass is 506 g/mol.